The normalized spacial score (nSPS) is 16.0. The Kier molecular flexibility index (Phi) is 7.59. The lowest BCUT2D eigenvalue weighted by Crippen LogP contribution is -2.32. The lowest BCUT2D eigenvalue weighted by molar-refractivity contribution is 0.0253. The first-order valence-corrected chi connectivity index (χ1v) is 15.2. The fourth-order valence-electron chi connectivity index (χ4n) is 6.61. The number of nitrogens with zero attached hydrogens (tertiary/aromatic N) is 3. The molecule has 5 nitrogen and oxygen atoms in total. The number of fused-ring (bicyclic) bond motifs is 2. The minimum atomic E-state index is -1.16. The van der Waals surface area contributed by atoms with Crippen LogP contribution in [0, 0.1) is 6.92 Å². The van der Waals surface area contributed by atoms with Gasteiger partial charge in [0, 0.05) is 59.6 Å². The van der Waals surface area contributed by atoms with Gasteiger partial charge in [-0.05, 0) is 55.2 Å². The number of aryl methyl sites for hydroxylation is 2. The Hall–Kier alpha value is -4.38. The zero-order valence-corrected chi connectivity index (χ0v) is 25.1. The van der Waals surface area contributed by atoms with Crippen molar-refractivity contribution < 1.29 is 9.53 Å². The Balaban J connectivity index is 1.65. The van der Waals surface area contributed by atoms with Gasteiger partial charge in [0.05, 0.1) is 5.69 Å². The monoisotopic (exact) mass is 557 g/mol. The number of rotatable bonds is 10. The van der Waals surface area contributed by atoms with Gasteiger partial charge in [-0.25, -0.2) is 9.78 Å². The third-order valence-corrected chi connectivity index (χ3v) is 8.65. The Morgan fingerprint density at radius 2 is 1.57 bits per heavy atom. The summed E-state index contributed by atoms with van der Waals surface area (Å²) in [7, 11) is 2.10. The standard InChI is InChI=1S/C37H39N3O2/c1-5-7-23-40(24-8-6-2)28-20-21-30(26(3)25-28)37(31-18-14-22-38-34(31)36(41)42-37)33-29-17-12-13-19-32(29)39(4)35(33)27-15-10-9-11-16-27/h9-22,25H,5-8,23-24H2,1-4H3. The van der Waals surface area contributed by atoms with E-state index in [0.717, 1.165) is 83.2 Å². The van der Waals surface area contributed by atoms with E-state index in [0.29, 0.717) is 5.69 Å². The van der Waals surface area contributed by atoms with Crippen molar-refractivity contribution in [2.75, 3.05) is 18.0 Å². The number of aromatic nitrogens is 2. The van der Waals surface area contributed by atoms with Crippen molar-refractivity contribution in [3.8, 4) is 11.3 Å². The number of para-hydroxylation sites is 1. The maximum atomic E-state index is 13.6. The van der Waals surface area contributed by atoms with Crippen LogP contribution in [0.3, 0.4) is 0 Å². The van der Waals surface area contributed by atoms with Gasteiger partial charge < -0.3 is 14.2 Å². The number of hydrogen-bond donors (Lipinski definition) is 0. The number of carbonyl (C=O) groups excluding carboxylic acids is 1. The highest BCUT2D eigenvalue weighted by Gasteiger charge is 2.53. The van der Waals surface area contributed by atoms with E-state index in [1.807, 2.05) is 18.2 Å². The first kappa shape index (κ1) is 27.8. The van der Waals surface area contributed by atoms with Crippen LogP contribution in [0.15, 0.2) is 91.1 Å². The van der Waals surface area contributed by atoms with Crippen molar-refractivity contribution >= 4 is 22.6 Å². The van der Waals surface area contributed by atoms with E-state index in [2.05, 4.69) is 109 Å². The highest BCUT2D eigenvalue weighted by Crippen LogP contribution is 2.53. The van der Waals surface area contributed by atoms with Gasteiger partial charge in [0.25, 0.3) is 0 Å². The number of cyclic esters (lactones) is 1. The zero-order chi connectivity index (χ0) is 29.3. The minimum absolute atomic E-state index is 0.375. The molecule has 0 radical (unpaired) electrons. The Labute approximate surface area is 248 Å². The molecule has 0 spiro atoms. The summed E-state index contributed by atoms with van der Waals surface area (Å²) >= 11 is 0. The molecule has 0 aliphatic carbocycles. The van der Waals surface area contributed by atoms with E-state index >= 15 is 0 Å². The van der Waals surface area contributed by atoms with Gasteiger partial charge in [0.1, 0.15) is 0 Å². The Bertz CT molecular complexity index is 1730. The van der Waals surface area contributed by atoms with Gasteiger partial charge in [-0.15, -0.1) is 0 Å². The fraction of sp³-hybridized carbons (Fsp3) is 0.297. The molecule has 0 fully saturated rings. The molecule has 1 atom stereocenters. The van der Waals surface area contributed by atoms with Crippen LogP contribution in [0.5, 0.6) is 0 Å². The van der Waals surface area contributed by atoms with Crippen molar-refractivity contribution in [3.63, 3.8) is 0 Å². The molecule has 0 N–H and O–H groups in total. The molecule has 5 aromatic rings. The lowest BCUT2D eigenvalue weighted by Gasteiger charge is -2.33. The van der Waals surface area contributed by atoms with E-state index in [-0.39, 0.29) is 0 Å². The fourth-order valence-corrected chi connectivity index (χ4v) is 6.61. The van der Waals surface area contributed by atoms with Crippen LogP contribution >= 0.6 is 0 Å². The number of hydrogen-bond acceptors (Lipinski definition) is 4. The average Bonchev–Trinajstić information content (AvgIpc) is 3.49. The van der Waals surface area contributed by atoms with E-state index in [1.54, 1.807) is 6.20 Å². The van der Waals surface area contributed by atoms with Gasteiger partial charge in [0.2, 0.25) is 0 Å². The van der Waals surface area contributed by atoms with Crippen LogP contribution < -0.4 is 4.90 Å². The summed E-state index contributed by atoms with van der Waals surface area (Å²) < 4.78 is 8.88. The van der Waals surface area contributed by atoms with Crippen LogP contribution in [0.2, 0.25) is 0 Å². The molecule has 214 valence electrons. The van der Waals surface area contributed by atoms with Crippen LogP contribution in [0.1, 0.15) is 72.3 Å². The first-order valence-electron chi connectivity index (χ1n) is 15.2. The molecule has 6 rings (SSSR count). The van der Waals surface area contributed by atoms with Crippen molar-refractivity contribution in [1.29, 1.82) is 0 Å². The second-order valence-electron chi connectivity index (χ2n) is 11.3. The van der Waals surface area contributed by atoms with Gasteiger partial charge in [-0.2, -0.15) is 0 Å². The van der Waals surface area contributed by atoms with Crippen LogP contribution in [0.4, 0.5) is 5.69 Å². The molecule has 3 heterocycles. The van der Waals surface area contributed by atoms with Gasteiger partial charge >= 0.3 is 5.97 Å². The van der Waals surface area contributed by atoms with Crippen LogP contribution in [0.25, 0.3) is 22.2 Å². The number of benzene rings is 3. The molecule has 1 aliphatic heterocycles. The number of anilines is 1. The lowest BCUT2D eigenvalue weighted by atomic mass is 9.76. The van der Waals surface area contributed by atoms with E-state index in [4.69, 9.17) is 4.74 Å². The van der Waals surface area contributed by atoms with Crippen molar-refractivity contribution in [1.82, 2.24) is 9.55 Å². The summed E-state index contributed by atoms with van der Waals surface area (Å²) in [5.41, 5.74) is 7.41. The number of ether oxygens (including phenoxy) is 1. The molecule has 3 aromatic carbocycles. The molecule has 0 amide bonds. The Morgan fingerprint density at radius 1 is 0.857 bits per heavy atom. The second kappa shape index (κ2) is 11.5. The van der Waals surface area contributed by atoms with Gasteiger partial charge in [0.15, 0.2) is 11.3 Å². The topological polar surface area (TPSA) is 47.4 Å². The van der Waals surface area contributed by atoms with Crippen molar-refractivity contribution in [2.45, 2.75) is 52.1 Å². The number of pyridine rings is 1. The molecular weight excluding hydrogens is 518 g/mol. The van der Waals surface area contributed by atoms with Crippen LogP contribution in [-0.4, -0.2) is 28.6 Å². The largest absolute Gasteiger partial charge is 0.439 e. The molecular formula is C37H39N3O2. The number of esters is 1. The summed E-state index contributed by atoms with van der Waals surface area (Å²) in [6.07, 6.45) is 6.30. The third-order valence-electron chi connectivity index (χ3n) is 8.65. The minimum Gasteiger partial charge on any atom is -0.439 e. The summed E-state index contributed by atoms with van der Waals surface area (Å²) in [6, 6.07) is 29.4. The number of unbranched alkanes of at least 4 members (excludes halogenated alkanes) is 2. The van der Waals surface area contributed by atoms with Gasteiger partial charge in [-0.3, -0.25) is 0 Å². The number of carbonyl (C=O) groups is 1. The highest BCUT2D eigenvalue weighted by molar-refractivity contribution is 6.00. The van der Waals surface area contributed by atoms with Crippen molar-refractivity contribution in [2.24, 2.45) is 7.05 Å². The maximum absolute atomic E-state index is 13.6. The van der Waals surface area contributed by atoms with Crippen molar-refractivity contribution in [3.05, 3.63) is 119 Å². The molecule has 42 heavy (non-hydrogen) atoms. The molecule has 0 saturated heterocycles. The highest BCUT2D eigenvalue weighted by atomic mass is 16.6. The van der Waals surface area contributed by atoms with E-state index < -0.39 is 11.6 Å². The molecule has 0 bridgehead atoms. The summed E-state index contributed by atoms with van der Waals surface area (Å²) in [5.74, 6) is -0.395. The molecule has 0 saturated carbocycles. The molecule has 1 aliphatic rings. The van der Waals surface area contributed by atoms with E-state index in [1.165, 1.54) is 5.69 Å². The second-order valence-corrected chi connectivity index (χ2v) is 11.3. The molecule has 5 heteroatoms. The molecule has 1 unspecified atom stereocenters. The quantitative estimate of drug-likeness (QED) is 0.162. The zero-order valence-electron chi connectivity index (χ0n) is 25.1. The summed E-state index contributed by atoms with van der Waals surface area (Å²) in [5, 5.41) is 1.05. The SMILES string of the molecule is CCCCN(CCCC)c1ccc(C2(c3c(-c4ccccc4)n(C)c4ccccc34)OC(=O)c3ncccc32)c(C)c1. The predicted molar refractivity (Wildman–Crippen MR) is 171 cm³/mol. The van der Waals surface area contributed by atoms with Gasteiger partial charge in [-0.1, -0.05) is 87.4 Å². The molecule has 2 aromatic heterocycles. The van der Waals surface area contributed by atoms with Crippen LogP contribution in [-0.2, 0) is 17.4 Å². The summed E-state index contributed by atoms with van der Waals surface area (Å²) in [4.78, 5) is 20.7. The Morgan fingerprint density at radius 3 is 2.29 bits per heavy atom. The maximum Gasteiger partial charge on any atom is 0.358 e. The third kappa shape index (κ3) is 4.48. The predicted octanol–water partition coefficient (Wildman–Crippen LogP) is 8.42. The average molecular weight is 558 g/mol. The van der Waals surface area contributed by atoms with E-state index in [9.17, 15) is 4.79 Å². The summed E-state index contributed by atoms with van der Waals surface area (Å²) in [6.45, 7) is 8.69. The smallest absolute Gasteiger partial charge is 0.358 e. The first-order chi connectivity index (χ1) is 20.5.